The summed E-state index contributed by atoms with van der Waals surface area (Å²) in [7, 11) is -3.62. The van der Waals surface area contributed by atoms with Gasteiger partial charge in [0.25, 0.3) is 0 Å². The first kappa shape index (κ1) is 24.3. The summed E-state index contributed by atoms with van der Waals surface area (Å²) < 4.78 is 38.5. The van der Waals surface area contributed by atoms with Crippen LogP contribution in [-0.4, -0.2) is 60.5 Å². The Morgan fingerprint density at radius 3 is 2.59 bits per heavy atom. The molecule has 1 fully saturated rings. The zero-order valence-corrected chi connectivity index (χ0v) is 20.9. The van der Waals surface area contributed by atoms with Gasteiger partial charge in [-0.15, -0.1) is 0 Å². The molecule has 1 aromatic heterocycles. The SMILES string of the molecule is CCOC(=O)c1nn(C2CCCN(C(=O)OC(C)(C)C)CC2)c2c1CS(=O)(=O)c1ccccc1-2. The van der Waals surface area contributed by atoms with Gasteiger partial charge in [0, 0.05) is 24.2 Å². The van der Waals surface area contributed by atoms with Gasteiger partial charge in [-0.05, 0) is 53.0 Å². The molecular formula is C24H31N3O6S. The number of rotatable bonds is 3. The predicted molar refractivity (Wildman–Crippen MR) is 125 cm³/mol. The summed E-state index contributed by atoms with van der Waals surface area (Å²) in [5.41, 5.74) is 1.03. The average Bonchev–Trinajstić information content (AvgIpc) is 2.94. The molecule has 1 amide bonds. The van der Waals surface area contributed by atoms with E-state index >= 15 is 0 Å². The van der Waals surface area contributed by atoms with Crippen LogP contribution in [0.1, 0.15) is 69.1 Å². The molecule has 2 aromatic rings. The molecule has 10 heteroatoms. The van der Waals surface area contributed by atoms with E-state index in [4.69, 9.17) is 9.47 Å². The van der Waals surface area contributed by atoms with E-state index in [1.807, 2.05) is 20.8 Å². The van der Waals surface area contributed by atoms with Gasteiger partial charge < -0.3 is 14.4 Å². The van der Waals surface area contributed by atoms with Gasteiger partial charge in [-0.3, -0.25) is 4.68 Å². The summed E-state index contributed by atoms with van der Waals surface area (Å²) in [5, 5.41) is 4.61. The van der Waals surface area contributed by atoms with Crippen LogP contribution in [0, 0.1) is 0 Å². The highest BCUT2D eigenvalue weighted by Crippen LogP contribution is 2.42. The number of nitrogens with zero attached hydrogens (tertiary/aromatic N) is 3. The van der Waals surface area contributed by atoms with E-state index in [1.54, 1.807) is 40.8 Å². The first-order chi connectivity index (χ1) is 16.0. The van der Waals surface area contributed by atoms with E-state index in [-0.39, 0.29) is 35.1 Å². The molecule has 0 saturated carbocycles. The number of carbonyl (C=O) groups excluding carboxylic acids is 2. The predicted octanol–water partition coefficient (Wildman–Crippen LogP) is 3.98. The summed E-state index contributed by atoms with van der Waals surface area (Å²) in [6.07, 6.45) is 1.71. The molecule has 0 bridgehead atoms. The fourth-order valence-electron chi connectivity index (χ4n) is 4.55. The van der Waals surface area contributed by atoms with Crippen molar-refractivity contribution in [2.45, 2.75) is 69.2 Å². The molecule has 9 nitrogen and oxygen atoms in total. The number of hydrogen-bond donors (Lipinski definition) is 0. The number of amides is 1. The Labute approximate surface area is 199 Å². The number of sulfone groups is 1. The van der Waals surface area contributed by atoms with Crippen LogP contribution < -0.4 is 0 Å². The van der Waals surface area contributed by atoms with Crippen LogP contribution in [0.15, 0.2) is 29.2 Å². The third-order valence-corrected chi connectivity index (χ3v) is 7.68. The maximum Gasteiger partial charge on any atom is 0.410 e. The number of carbonyl (C=O) groups is 2. The Kier molecular flexibility index (Phi) is 6.46. The van der Waals surface area contributed by atoms with Gasteiger partial charge in [-0.25, -0.2) is 18.0 Å². The molecule has 0 aliphatic carbocycles. The molecule has 0 radical (unpaired) electrons. The zero-order chi connectivity index (χ0) is 24.7. The zero-order valence-electron chi connectivity index (χ0n) is 20.0. The molecule has 1 aromatic carbocycles. The van der Waals surface area contributed by atoms with Crippen LogP contribution in [0.5, 0.6) is 0 Å². The molecule has 0 N–H and O–H groups in total. The Hall–Kier alpha value is -2.88. The van der Waals surface area contributed by atoms with Crippen LogP contribution in [0.3, 0.4) is 0 Å². The minimum absolute atomic E-state index is 0.0446. The summed E-state index contributed by atoms with van der Waals surface area (Å²) >= 11 is 0. The highest BCUT2D eigenvalue weighted by molar-refractivity contribution is 7.90. The number of benzene rings is 1. The maximum absolute atomic E-state index is 13.0. The molecule has 0 spiro atoms. The molecule has 2 aliphatic heterocycles. The van der Waals surface area contributed by atoms with Crippen molar-refractivity contribution >= 4 is 21.9 Å². The largest absolute Gasteiger partial charge is 0.461 e. The van der Waals surface area contributed by atoms with Crippen molar-refractivity contribution in [3.8, 4) is 11.3 Å². The van der Waals surface area contributed by atoms with Gasteiger partial charge in [0.05, 0.1) is 29.0 Å². The fourth-order valence-corrected chi connectivity index (χ4v) is 6.15. The van der Waals surface area contributed by atoms with Gasteiger partial charge in [-0.2, -0.15) is 5.10 Å². The quantitative estimate of drug-likeness (QED) is 0.600. The second-order valence-corrected chi connectivity index (χ2v) is 11.6. The second kappa shape index (κ2) is 9.05. The number of fused-ring (bicyclic) bond motifs is 3. The summed E-state index contributed by atoms with van der Waals surface area (Å²) in [5.74, 6) is -0.930. The minimum atomic E-state index is -3.62. The topological polar surface area (TPSA) is 108 Å². The lowest BCUT2D eigenvalue weighted by molar-refractivity contribution is 0.0255. The minimum Gasteiger partial charge on any atom is -0.461 e. The Morgan fingerprint density at radius 2 is 1.88 bits per heavy atom. The number of esters is 1. The summed E-state index contributed by atoms with van der Waals surface area (Å²) in [4.78, 5) is 27.3. The molecule has 3 heterocycles. The lowest BCUT2D eigenvalue weighted by atomic mass is 10.0. The molecule has 34 heavy (non-hydrogen) atoms. The summed E-state index contributed by atoms with van der Waals surface area (Å²) in [6.45, 7) is 8.41. The number of likely N-dealkylation sites (tertiary alicyclic amines) is 1. The van der Waals surface area contributed by atoms with Crippen molar-refractivity contribution in [1.29, 1.82) is 0 Å². The van der Waals surface area contributed by atoms with Gasteiger partial charge in [0.1, 0.15) is 5.60 Å². The normalized spacial score (nSPS) is 19.5. The van der Waals surface area contributed by atoms with Crippen molar-refractivity contribution in [2.24, 2.45) is 0 Å². The van der Waals surface area contributed by atoms with E-state index in [2.05, 4.69) is 5.10 Å². The van der Waals surface area contributed by atoms with E-state index in [9.17, 15) is 18.0 Å². The average molecular weight is 490 g/mol. The van der Waals surface area contributed by atoms with Crippen molar-refractivity contribution in [1.82, 2.24) is 14.7 Å². The Morgan fingerprint density at radius 1 is 1.15 bits per heavy atom. The molecular weight excluding hydrogens is 458 g/mol. The highest BCUT2D eigenvalue weighted by atomic mass is 32.2. The molecule has 4 rings (SSSR count). The van der Waals surface area contributed by atoms with Gasteiger partial charge in [0.2, 0.25) is 0 Å². The van der Waals surface area contributed by atoms with Gasteiger partial charge in [0.15, 0.2) is 15.5 Å². The van der Waals surface area contributed by atoms with E-state index in [0.29, 0.717) is 36.3 Å². The monoisotopic (exact) mass is 489 g/mol. The van der Waals surface area contributed by atoms with Crippen molar-refractivity contribution in [2.75, 3.05) is 19.7 Å². The molecule has 184 valence electrons. The van der Waals surface area contributed by atoms with Crippen molar-refractivity contribution in [3.05, 3.63) is 35.5 Å². The fraction of sp³-hybridized carbons (Fsp3) is 0.542. The highest BCUT2D eigenvalue weighted by Gasteiger charge is 2.38. The number of hydrogen-bond acceptors (Lipinski definition) is 7. The lowest BCUT2D eigenvalue weighted by Crippen LogP contribution is -2.37. The lowest BCUT2D eigenvalue weighted by Gasteiger charge is -2.26. The molecule has 1 saturated heterocycles. The van der Waals surface area contributed by atoms with Crippen LogP contribution in [0.4, 0.5) is 4.79 Å². The smallest absolute Gasteiger partial charge is 0.410 e. The first-order valence-electron chi connectivity index (χ1n) is 11.6. The van der Waals surface area contributed by atoms with E-state index < -0.39 is 21.4 Å². The van der Waals surface area contributed by atoms with Crippen molar-refractivity contribution in [3.63, 3.8) is 0 Å². The third-order valence-electron chi connectivity index (χ3n) is 5.98. The van der Waals surface area contributed by atoms with Crippen molar-refractivity contribution < 1.29 is 27.5 Å². The van der Waals surface area contributed by atoms with E-state index in [1.165, 1.54) is 0 Å². The third kappa shape index (κ3) is 4.68. The van der Waals surface area contributed by atoms with E-state index in [0.717, 1.165) is 12.8 Å². The Bertz CT molecular complexity index is 1210. The molecule has 1 atom stereocenters. The van der Waals surface area contributed by atoms with Gasteiger partial charge >= 0.3 is 12.1 Å². The Balaban J connectivity index is 1.73. The van der Waals surface area contributed by atoms with Gasteiger partial charge in [-0.1, -0.05) is 18.2 Å². The number of aromatic nitrogens is 2. The maximum atomic E-state index is 13.0. The summed E-state index contributed by atoms with van der Waals surface area (Å²) in [6, 6.07) is 6.70. The second-order valence-electron chi connectivity index (χ2n) is 9.65. The van der Waals surface area contributed by atoms with Crippen LogP contribution in [0.2, 0.25) is 0 Å². The standard InChI is InChI=1S/C24H31N3O6S/c1-5-32-22(28)20-18-15-34(30,31)19-11-7-6-10-17(19)21(18)27(25-20)16-9-8-13-26(14-12-16)23(29)33-24(2,3)4/h6-7,10-11,16H,5,8-9,12-15H2,1-4H3. The van der Waals surface area contributed by atoms with Crippen LogP contribution >= 0.6 is 0 Å². The molecule has 1 unspecified atom stereocenters. The van der Waals surface area contributed by atoms with Crippen LogP contribution in [0.25, 0.3) is 11.3 Å². The number of ether oxygens (including phenoxy) is 2. The molecule has 2 aliphatic rings. The van der Waals surface area contributed by atoms with Crippen LogP contribution in [-0.2, 0) is 25.1 Å². The first-order valence-corrected chi connectivity index (χ1v) is 13.3.